The minimum atomic E-state index is -0.315. The summed E-state index contributed by atoms with van der Waals surface area (Å²) in [6, 6.07) is 0. The lowest BCUT2D eigenvalue weighted by Gasteiger charge is -2.07. The Bertz CT molecular complexity index is 160. The van der Waals surface area contributed by atoms with Crippen LogP contribution in [0.5, 0.6) is 0 Å². The second-order valence-electron chi connectivity index (χ2n) is 2.32. The van der Waals surface area contributed by atoms with Gasteiger partial charge in [0.25, 0.3) is 0 Å². The number of hydrogen-bond acceptors (Lipinski definition) is 4. The molecular weight excluding hydrogens is 243 g/mol. The fourth-order valence-corrected chi connectivity index (χ4v) is 0.920. The van der Waals surface area contributed by atoms with Gasteiger partial charge in [-0.3, -0.25) is 4.79 Å². The van der Waals surface area contributed by atoms with Crippen molar-refractivity contribution in [1.82, 2.24) is 0 Å². The van der Waals surface area contributed by atoms with Crippen molar-refractivity contribution in [2.75, 3.05) is 25.2 Å². The van der Waals surface area contributed by atoms with Crippen LogP contribution in [0.1, 0.15) is 6.92 Å². The fraction of sp³-hybridized carbons (Fsp3) is 0.667. The molecule has 0 saturated carbocycles. The molecule has 0 fully saturated rings. The molecule has 4 nitrogen and oxygen atoms in total. The highest BCUT2D eigenvalue weighted by atomic mass is 35.5. The maximum absolute atomic E-state index is 9.93. The summed E-state index contributed by atoms with van der Waals surface area (Å²) in [6.07, 6.45) is 1.31. The van der Waals surface area contributed by atoms with Crippen molar-refractivity contribution in [3.05, 3.63) is 12.7 Å². The highest BCUT2D eigenvalue weighted by Crippen LogP contribution is 1.96. The van der Waals surface area contributed by atoms with Crippen LogP contribution in [0.2, 0.25) is 0 Å². The van der Waals surface area contributed by atoms with Crippen molar-refractivity contribution >= 4 is 29.2 Å². The van der Waals surface area contributed by atoms with Crippen LogP contribution in [0.15, 0.2) is 12.7 Å². The zero-order chi connectivity index (χ0) is 12.1. The molecule has 0 spiro atoms. The van der Waals surface area contributed by atoms with Gasteiger partial charge in [-0.1, -0.05) is 12.7 Å². The molecule has 0 aliphatic rings. The third kappa shape index (κ3) is 16.4. The largest absolute Gasteiger partial charge is 0.462 e. The lowest BCUT2D eigenvalue weighted by molar-refractivity contribution is -0.139. The van der Waals surface area contributed by atoms with E-state index in [1.807, 2.05) is 0 Å². The SMILES string of the molecule is C=CCOC(C)=O.OCOC(CCl)CCl. The molecule has 90 valence electrons. The number of alkyl halides is 2. The summed E-state index contributed by atoms with van der Waals surface area (Å²) in [5.41, 5.74) is 0. The molecule has 0 bridgehead atoms. The molecule has 0 unspecified atom stereocenters. The van der Waals surface area contributed by atoms with E-state index in [0.717, 1.165) is 0 Å². The van der Waals surface area contributed by atoms with Gasteiger partial charge in [0.15, 0.2) is 0 Å². The van der Waals surface area contributed by atoms with Gasteiger partial charge in [-0.05, 0) is 0 Å². The standard InChI is InChI=1S/C5H8O2.C4H8Cl2O2/c1-3-4-7-5(2)6;5-1-4(2-6)8-3-7/h3H,1,4H2,2H3;4,7H,1-3H2. The molecule has 1 N–H and O–H groups in total. The summed E-state index contributed by atoms with van der Waals surface area (Å²) in [7, 11) is 0. The lowest BCUT2D eigenvalue weighted by Crippen LogP contribution is -2.16. The molecule has 0 aromatic heterocycles. The first-order valence-corrected chi connectivity index (χ1v) is 5.27. The monoisotopic (exact) mass is 258 g/mol. The molecule has 0 amide bonds. The predicted molar refractivity (Wildman–Crippen MR) is 60.2 cm³/mol. The van der Waals surface area contributed by atoms with Crippen LogP contribution >= 0.6 is 23.2 Å². The van der Waals surface area contributed by atoms with Gasteiger partial charge in [0.05, 0.1) is 6.10 Å². The van der Waals surface area contributed by atoms with Crippen molar-refractivity contribution < 1.29 is 19.4 Å². The van der Waals surface area contributed by atoms with Crippen LogP contribution < -0.4 is 0 Å². The molecule has 0 aromatic carbocycles. The quantitative estimate of drug-likeness (QED) is 0.340. The van der Waals surface area contributed by atoms with Gasteiger partial charge in [0.2, 0.25) is 0 Å². The van der Waals surface area contributed by atoms with Crippen molar-refractivity contribution in [2.24, 2.45) is 0 Å². The van der Waals surface area contributed by atoms with E-state index >= 15 is 0 Å². The summed E-state index contributed by atoms with van der Waals surface area (Å²) in [5, 5.41) is 8.16. The van der Waals surface area contributed by atoms with Crippen molar-refractivity contribution in [1.29, 1.82) is 0 Å². The van der Waals surface area contributed by atoms with Gasteiger partial charge in [0, 0.05) is 18.7 Å². The zero-order valence-electron chi connectivity index (χ0n) is 8.62. The Labute approximate surface area is 99.8 Å². The first-order valence-electron chi connectivity index (χ1n) is 4.21. The van der Waals surface area contributed by atoms with Crippen molar-refractivity contribution in [2.45, 2.75) is 13.0 Å². The second-order valence-corrected chi connectivity index (χ2v) is 2.93. The van der Waals surface area contributed by atoms with E-state index in [-0.39, 0.29) is 18.9 Å². The van der Waals surface area contributed by atoms with Crippen LogP contribution in [0.25, 0.3) is 0 Å². The number of hydrogen-bond donors (Lipinski definition) is 1. The number of ether oxygens (including phenoxy) is 2. The van der Waals surface area contributed by atoms with Gasteiger partial charge in [-0.15, -0.1) is 23.2 Å². The zero-order valence-corrected chi connectivity index (χ0v) is 10.1. The Morgan fingerprint density at radius 3 is 2.20 bits per heavy atom. The molecule has 0 aliphatic carbocycles. The summed E-state index contributed by atoms with van der Waals surface area (Å²) < 4.78 is 9.07. The molecule has 0 heterocycles. The Kier molecular flexibility index (Phi) is 15.6. The average molecular weight is 259 g/mol. The Hall–Kier alpha value is -0.290. The molecule has 0 aliphatic heterocycles. The molecule has 15 heavy (non-hydrogen) atoms. The molecule has 0 atom stereocenters. The lowest BCUT2D eigenvalue weighted by atomic mass is 10.5. The van der Waals surface area contributed by atoms with E-state index < -0.39 is 0 Å². The van der Waals surface area contributed by atoms with Crippen LogP contribution in [0.4, 0.5) is 0 Å². The normalized spacial score (nSPS) is 9.13. The van der Waals surface area contributed by atoms with Crippen LogP contribution in [0.3, 0.4) is 0 Å². The Morgan fingerprint density at radius 1 is 1.53 bits per heavy atom. The highest BCUT2D eigenvalue weighted by Gasteiger charge is 2.02. The molecular formula is C9H16Cl2O4. The number of carbonyl (C=O) groups is 1. The van der Waals surface area contributed by atoms with E-state index in [2.05, 4.69) is 16.1 Å². The summed E-state index contributed by atoms with van der Waals surface area (Å²) >= 11 is 10.7. The molecule has 6 heteroatoms. The maximum atomic E-state index is 9.93. The van der Waals surface area contributed by atoms with Gasteiger partial charge in [0.1, 0.15) is 13.4 Å². The molecule has 0 aromatic rings. The van der Waals surface area contributed by atoms with Crippen molar-refractivity contribution in [3.63, 3.8) is 0 Å². The van der Waals surface area contributed by atoms with Gasteiger partial charge in [-0.2, -0.15) is 0 Å². The van der Waals surface area contributed by atoms with Gasteiger partial charge < -0.3 is 14.6 Å². The van der Waals surface area contributed by atoms with Gasteiger partial charge >= 0.3 is 5.97 Å². The third-order valence-corrected chi connectivity index (χ3v) is 1.75. The summed E-state index contributed by atoms with van der Waals surface area (Å²) in [6.45, 7) is 4.72. The molecule has 0 saturated heterocycles. The minimum Gasteiger partial charge on any atom is -0.462 e. The van der Waals surface area contributed by atoms with Gasteiger partial charge in [-0.25, -0.2) is 0 Å². The summed E-state index contributed by atoms with van der Waals surface area (Å²) in [5.74, 6) is 0.383. The summed E-state index contributed by atoms with van der Waals surface area (Å²) in [4.78, 5) is 9.93. The Balaban J connectivity index is 0. The first-order chi connectivity index (χ1) is 7.12. The van der Waals surface area contributed by atoms with Crippen LogP contribution in [-0.2, 0) is 14.3 Å². The topological polar surface area (TPSA) is 55.8 Å². The number of carbonyl (C=O) groups excluding carboxylic acids is 1. The van der Waals surface area contributed by atoms with E-state index in [1.54, 1.807) is 0 Å². The van der Waals surface area contributed by atoms with Crippen LogP contribution in [-0.4, -0.2) is 42.3 Å². The van der Waals surface area contributed by atoms with Crippen LogP contribution in [0, 0.1) is 0 Å². The van der Waals surface area contributed by atoms with E-state index in [9.17, 15) is 4.79 Å². The van der Waals surface area contributed by atoms with E-state index in [4.69, 9.17) is 28.3 Å². The highest BCUT2D eigenvalue weighted by molar-refractivity contribution is 6.21. The fourth-order valence-electron chi connectivity index (χ4n) is 0.412. The van der Waals surface area contributed by atoms with E-state index in [1.165, 1.54) is 13.0 Å². The van der Waals surface area contributed by atoms with Crippen molar-refractivity contribution in [3.8, 4) is 0 Å². The molecule has 0 rings (SSSR count). The van der Waals surface area contributed by atoms with E-state index in [0.29, 0.717) is 18.4 Å². The predicted octanol–water partition coefficient (Wildman–Crippen LogP) is 1.53. The number of esters is 1. The molecule has 0 radical (unpaired) electrons. The number of aliphatic hydroxyl groups is 1. The number of halogens is 2. The number of rotatable bonds is 6. The Morgan fingerprint density at radius 2 is 2.07 bits per heavy atom. The minimum absolute atomic E-state index is 0.219. The average Bonchev–Trinajstić information content (AvgIpc) is 2.23. The third-order valence-electron chi connectivity index (χ3n) is 1.06. The number of aliphatic hydroxyl groups excluding tert-OH is 1. The maximum Gasteiger partial charge on any atom is 0.302 e. The second kappa shape index (κ2) is 13.7. The first kappa shape index (κ1) is 17.1. The smallest absolute Gasteiger partial charge is 0.302 e.